The molecule has 1 atom stereocenters. The van der Waals surface area contributed by atoms with Gasteiger partial charge in [-0.3, -0.25) is 4.79 Å². The molecule has 10 heteroatoms. The Morgan fingerprint density at radius 3 is 2.77 bits per heavy atom. The first-order valence-corrected chi connectivity index (χ1v) is 10.9. The summed E-state index contributed by atoms with van der Waals surface area (Å²) in [7, 11) is 3.89. The molecule has 2 aliphatic rings. The number of ether oxygens (including phenoxy) is 3. The molecule has 2 aliphatic heterocycles. The molecule has 9 nitrogen and oxygen atoms in total. The number of hydrogen-bond acceptors (Lipinski definition) is 9. The Kier molecular flexibility index (Phi) is 5.33. The molecule has 1 amide bonds. The van der Waals surface area contributed by atoms with E-state index in [1.165, 1.54) is 6.20 Å². The van der Waals surface area contributed by atoms with Gasteiger partial charge in [-0.25, -0.2) is 4.98 Å². The van der Waals surface area contributed by atoms with E-state index in [4.69, 9.17) is 19.2 Å². The van der Waals surface area contributed by atoms with E-state index in [1.807, 2.05) is 31.1 Å². The predicted octanol–water partition coefficient (Wildman–Crippen LogP) is 2.70. The second-order valence-corrected chi connectivity index (χ2v) is 8.43. The lowest BCUT2D eigenvalue weighted by molar-refractivity contribution is 0.0504. The van der Waals surface area contributed by atoms with Crippen LogP contribution >= 0.6 is 11.7 Å². The summed E-state index contributed by atoms with van der Waals surface area (Å²) in [6.07, 6.45) is 3.50. The SMILES string of the molecule is CN(C)c1nc2cc3c(cc2cc1CN(CC1CCCO1)C(=O)c1cnsn1)OCO3. The van der Waals surface area contributed by atoms with Crippen molar-refractivity contribution in [3.05, 3.63) is 35.7 Å². The van der Waals surface area contributed by atoms with Crippen molar-refractivity contribution in [2.75, 3.05) is 38.9 Å². The summed E-state index contributed by atoms with van der Waals surface area (Å²) in [6, 6.07) is 5.89. The number of amides is 1. The van der Waals surface area contributed by atoms with Crippen molar-refractivity contribution in [3.8, 4) is 11.5 Å². The largest absolute Gasteiger partial charge is 0.454 e. The zero-order valence-electron chi connectivity index (χ0n) is 17.4. The molecule has 0 aliphatic carbocycles. The van der Waals surface area contributed by atoms with Gasteiger partial charge in [-0.05, 0) is 25.0 Å². The minimum atomic E-state index is -0.153. The summed E-state index contributed by atoms with van der Waals surface area (Å²) in [6.45, 7) is 1.84. The number of anilines is 1. The minimum Gasteiger partial charge on any atom is -0.454 e. The molecule has 0 bridgehead atoms. The Labute approximate surface area is 183 Å². The van der Waals surface area contributed by atoms with Crippen LogP contribution in [0.4, 0.5) is 5.82 Å². The molecule has 5 rings (SSSR count). The van der Waals surface area contributed by atoms with Gasteiger partial charge in [-0.1, -0.05) is 0 Å². The lowest BCUT2D eigenvalue weighted by atomic mass is 10.1. The fourth-order valence-electron chi connectivity index (χ4n) is 3.98. The molecular weight excluding hydrogens is 418 g/mol. The van der Waals surface area contributed by atoms with Crippen molar-refractivity contribution in [1.82, 2.24) is 18.6 Å². The Balaban J connectivity index is 1.52. The summed E-state index contributed by atoms with van der Waals surface area (Å²) in [5.74, 6) is 2.05. The molecule has 1 unspecified atom stereocenters. The zero-order chi connectivity index (χ0) is 21.4. The molecule has 2 aromatic heterocycles. The van der Waals surface area contributed by atoms with E-state index in [0.29, 0.717) is 30.3 Å². The first kappa shape index (κ1) is 20.0. The summed E-state index contributed by atoms with van der Waals surface area (Å²) < 4.78 is 25.0. The summed E-state index contributed by atoms with van der Waals surface area (Å²) in [4.78, 5) is 21.8. The maximum absolute atomic E-state index is 13.2. The third kappa shape index (κ3) is 4.00. The van der Waals surface area contributed by atoms with Crippen LogP contribution in [0.25, 0.3) is 10.9 Å². The molecule has 0 radical (unpaired) electrons. The number of fused-ring (bicyclic) bond motifs is 2. The minimum absolute atomic E-state index is 0.0283. The van der Waals surface area contributed by atoms with Crippen molar-refractivity contribution < 1.29 is 19.0 Å². The molecular formula is C21H23N5O4S. The van der Waals surface area contributed by atoms with Crippen LogP contribution in [0.5, 0.6) is 11.5 Å². The number of pyridine rings is 1. The van der Waals surface area contributed by atoms with Crippen LogP contribution in [-0.2, 0) is 11.3 Å². The van der Waals surface area contributed by atoms with E-state index >= 15 is 0 Å². The van der Waals surface area contributed by atoms with Crippen LogP contribution in [0.3, 0.4) is 0 Å². The number of hydrogen-bond donors (Lipinski definition) is 0. The number of rotatable bonds is 6. The van der Waals surface area contributed by atoms with E-state index in [2.05, 4.69) is 14.8 Å². The van der Waals surface area contributed by atoms with Crippen LogP contribution in [0.15, 0.2) is 24.4 Å². The summed E-state index contributed by atoms with van der Waals surface area (Å²) in [5.41, 5.74) is 2.11. The average Bonchev–Trinajstić information content (AvgIpc) is 3.53. The van der Waals surface area contributed by atoms with Gasteiger partial charge >= 0.3 is 0 Å². The molecule has 0 N–H and O–H groups in total. The fraction of sp³-hybridized carbons (Fsp3) is 0.429. The van der Waals surface area contributed by atoms with Crippen molar-refractivity contribution in [3.63, 3.8) is 0 Å². The van der Waals surface area contributed by atoms with E-state index in [9.17, 15) is 4.79 Å². The number of carbonyl (C=O) groups is 1. The van der Waals surface area contributed by atoms with Gasteiger partial charge in [0.2, 0.25) is 6.79 Å². The standard InChI is InChI=1S/C21H23N5O4S/c1-25(2)20-14(6-13-7-18-19(30-12-29-18)8-16(13)23-20)10-26(11-15-4-3-5-28-15)21(27)17-9-22-31-24-17/h6-9,15H,3-5,10-12H2,1-2H3. The van der Waals surface area contributed by atoms with Gasteiger partial charge in [0, 0.05) is 50.8 Å². The number of benzene rings is 1. The van der Waals surface area contributed by atoms with E-state index in [0.717, 1.165) is 53.5 Å². The molecule has 31 heavy (non-hydrogen) atoms. The highest BCUT2D eigenvalue weighted by molar-refractivity contribution is 6.99. The van der Waals surface area contributed by atoms with E-state index < -0.39 is 0 Å². The van der Waals surface area contributed by atoms with Gasteiger partial charge in [0.25, 0.3) is 5.91 Å². The van der Waals surface area contributed by atoms with Crippen molar-refractivity contribution >= 4 is 34.4 Å². The average molecular weight is 442 g/mol. The third-order valence-electron chi connectivity index (χ3n) is 5.47. The van der Waals surface area contributed by atoms with E-state index in [1.54, 1.807) is 4.90 Å². The van der Waals surface area contributed by atoms with Crippen LogP contribution in [-0.4, -0.2) is 64.7 Å². The molecule has 3 aromatic rings. The van der Waals surface area contributed by atoms with Crippen molar-refractivity contribution in [2.24, 2.45) is 0 Å². The highest BCUT2D eigenvalue weighted by atomic mass is 32.1. The number of aromatic nitrogens is 3. The Morgan fingerprint density at radius 1 is 1.23 bits per heavy atom. The molecule has 4 heterocycles. The quantitative estimate of drug-likeness (QED) is 0.577. The highest BCUT2D eigenvalue weighted by Crippen LogP contribution is 2.37. The van der Waals surface area contributed by atoms with Gasteiger partial charge in [0.1, 0.15) is 5.82 Å². The van der Waals surface area contributed by atoms with Gasteiger partial charge < -0.3 is 24.0 Å². The molecule has 162 valence electrons. The molecule has 0 spiro atoms. The lowest BCUT2D eigenvalue weighted by Gasteiger charge is -2.27. The smallest absolute Gasteiger partial charge is 0.275 e. The third-order valence-corrected chi connectivity index (χ3v) is 5.94. The first-order chi connectivity index (χ1) is 15.1. The topological polar surface area (TPSA) is 89.9 Å². The predicted molar refractivity (Wildman–Crippen MR) is 116 cm³/mol. The van der Waals surface area contributed by atoms with Crippen molar-refractivity contribution in [2.45, 2.75) is 25.5 Å². The second kappa shape index (κ2) is 8.27. The lowest BCUT2D eigenvalue weighted by Crippen LogP contribution is -2.37. The maximum atomic E-state index is 13.2. The first-order valence-electron chi connectivity index (χ1n) is 10.2. The fourth-order valence-corrected chi connectivity index (χ4v) is 4.39. The molecule has 1 fully saturated rings. The Hall–Kier alpha value is -2.98. The summed E-state index contributed by atoms with van der Waals surface area (Å²) in [5, 5.41) is 0.935. The summed E-state index contributed by atoms with van der Waals surface area (Å²) >= 11 is 1.03. The maximum Gasteiger partial charge on any atom is 0.275 e. The molecule has 1 saturated heterocycles. The molecule has 1 aromatic carbocycles. The van der Waals surface area contributed by atoms with Crippen LogP contribution in [0.1, 0.15) is 28.9 Å². The zero-order valence-corrected chi connectivity index (χ0v) is 18.2. The second-order valence-electron chi connectivity index (χ2n) is 7.88. The van der Waals surface area contributed by atoms with Crippen LogP contribution < -0.4 is 14.4 Å². The highest BCUT2D eigenvalue weighted by Gasteiger charge is 2.26. The Morgan fingerprint density at radius 2 is 2.06 bits per heavy atom. The number of nitrogens with zero attached hydrogens (tertiary/aromatic N) is 5. The van der Waals surface area contributed by atoms with Gasteiger partial charge in [-0.2, -0.15) is 8.75 Å². The monoisotopic (exact) mass is 441 g/mol. The van der Waals surface area contributed by atoms with Gasteiger partial charge in [0.05, 0.1) is 29.5 Å². The van der Waals surface area contributed by atoms with Crippen LogP contribution in [0, 0.1) is 0 Å². The normalized spacial score (nSPS) is 17.3. The van der Waals surface area contributed by atoms with Gasteiger partial charge in [0.15, 0.2) is 17.2 Å². The van der Waals surface area contributed by atoms with Gasteiger partial charge in [-0.15, -0.1) is 0 Å². The molecule has 0 saturated carbocycles. The Bertz CT molecular complexity index is 1100. The van der Waals surface area contributed by atoms with Crippen molar-refractivity contribution in [1.29, 1.82) is 0 Å². The number of carbonyl (C=O) groups excluding carboxylic acids is 1. The van der Waals surface area contributed by atoms with E-state index in [-0.39, 0.29) is 18.8 Å². The van der Waals surface area contributed by atoms with Crippen LogP contribution in [0.2, 0.25) is 0 Å².